The number of hydrogen-bond donors (Lipinski definition) is 6. The molecule has 0 aliphatic carbocycles. The summed E-state index contributed by atoms with van der Waals surface area (Å²) in [7, 11) is -4.29. The molecule has 1 atom stereocenters. The minimum absolute atomic E-state index is 0.121. The maximum Gasteiger partial charge on any atom is 0.345 e. The standard InChI is InChI=1S/C23H25N7O5S/c31-20(16-8-9-19-17(14-16)15-27-29-19)28-23(21(32)33,10-4-5-11-24-22-25-12-13-26-22)30-36(34,35)18-6-2-1-3-7-18/h1-3,6-9,12-15,30H,4-5,10-11H2,(H,27,29)(H,28,31)(H,32,33)(H2,24,25,26). The predicted molar refractivity (Wildman–Crippen MR) is 132 cm³/mol. The lowest BCUT2D eigenvalue weighted by molar-refractivity contribution is -0.145. The van der Waals surface area contributed by atoms with Gasteiger partial charge in [-0.2, -0.15) is 9.82 Å². The first-order valence-electron chi connectivity index (χ1n) is 11.1. The maximum absolute atomic E-state index is 13.1. The first-order valence-corrected chi connectivity index (χ1v) is 12.6. The van der Waals surface area contributed by atoms with Gasteiger partial charge in [0.25, 0.3) is 5.91 Å². The average Bonchev–Trinajstić information content (AvgIpc) is 3.55. The molecule has 0 radical (unpaired) electrons. The smallest absolute Gasteiger partial charge is 0.345 e. The van der Waals surface area contributed by atoms with Gasteiger partial charge in [-0.1, -0.05) is 18.2 Å². The summed E-state index contributed by atoms with van der Waals surface area (Å²) in [5.74, 6) is -1.71. The SMILES string of the molecule is O=C(NC(CCCCNc1ncc[nH]1)(NS(=O)(=O)c1ccccc1)C(=O)O)c1ccc2[nH]ncc2c1. The molecule has 0 spiro atoms. The molecule has 6 N–H and O–H groups in total. The second-order valence-electron chi connectivity index (χ2n) is 8.08. The van der Waals surface area contributed by atoms with Crippen LogP contribution in [0.4, 0.5) is 5.95 Å². The van der Waals surface area contributed by atoms with E-state index in [9.17, 15) is 23.1 Å². The number of carboxylic acids is 1. The number of aromatic nitrogens is 4. The van der Waals surface area contributed by atoms with Gasteiger partial charge in [-0.25, -0.2) is 18.2 Å². The van der Waals surface area contributed by atoms with Crippen LogP contribution in [0.2, 0.25) is 0 Å². The molecule has 0 bridgehead atoms. The van der Waals surface area contributed by atoms with Crippen LogP contribution < -0.4 is 15.4 Å². The molecule has 13 heteroatoms. The number of H-pyrrole nitrogens is 2. The van der Waals surface area contributed by atoms with Gasteiger partial charge in [-0.05, 0) is 49.6 Å². The highest BCUT2D eigenvalue weighted by atomic mass is 32.2. The van der Waals surface area contributed by atoms with Crippen LogP contribution in [0, 0.1) is 0 Å². The molecule has 0 aliphatic heterocycles. The van der Waals surface area contributed by atoms with Crippen LogP contribution in [0.1, 0.15) is 29.6 Å². The van der Waals surface area contributed by atoms with Crippen LogP contribution >= 0.6 is 0 Å². The molecular weight excluding hydrogens is 486 g/mol. The molecular formula is C23H25N7O5S. The number of carbonyl (C=O) groups excluding carboxylic acids is 1. The number of carboxylic acid groups (broad SMARTS) is 1. The summed E-state index contributed by atoms with van der Waals surface area (Å²) >= 11 is 0. The third kappa shape index (κ3) is 5.70. The molecule has 0 saturated heterocycles. The fourth-order valence-corrected chi connectivity index (χ4v) is 5.00. The van der Waals surface area contributed by atoms with E-state index >= 15 is 0 Å². The van der Waals surface area contributed by atoms with Gasteiger partial charge in [0.2, 0.25) is 15.7 Å². The van der Waals surface area contributed by atoms with Crippen molar-refractivity contribution >= 4 is 38.8 Å². The molecule has 2 heterocycles. The van der Waals surface area contributed by atoms with Crippen molar-refractivity contribution in [1.29, 1.82) is 0 Å². The number of hydrogen-bond acceptors (Lipinski definition) is 7. The second-order valence-corrected chi connectivity index (χ2v) is 9.76. The number of imidazole rings is 1. The predicted octanol–water partition coefficient (Wildman–Crippen LogP) is 2.06. The van der Waals surface area contributed by atoms with Crippen molar-refractivity contribution in [3.05, 3.63) is 72.7 Å². The van der Waals surface area contributed by atoms with Gasteiger partial charge in [0, 0.05) is 29.9 Å². The first-order chi connectivity index (χ1) is 17.3. The Balaban J connectivity index is 1.57. The Morgan fingerprint density at radius 3 is 2.61 bits per heavy atom. The number of benzene rings is 2. The van der Waals surface area contributed by atoms with Gasteiger partial charge in [0.05, 0.1) is 16.6 Å². The van der Waals surface area contributed by atoms with Crippen LogP contribution in [-0.4, -0.2) is 57.8 Å². The van der Waals surface area contributed by atoms with E-state index in [-0.39, 0.29) is 23.3 Å². The number of fused-ring (bicyclic) bond motifs is 1. The summed E-state index contributed by atoms with van der Waals surface area (Å²) in [5, 5.41) is 23.0. The normalized spacial score (nSPS) is 13.2. The summed E-state index contributed by atoms with van der Waals surface area (Å²) in [6.45, 7) is 0.458. The minimum atomic E-state index is -4.29. The van der Waals surface area contributed by atoms with Crippen molar-refractivity contribution in [3.8, 4) is 0 Å². The Hall–Kier alpha value is -4.23. The summed E-state index contributed by atoms with van der Waals surface area (Å²) in [4.78, 5) is 32.5. The van der Waals surface area contributed by atoms with Crippen molar-refractivity contribution in [1.82, 2.24) is 30.2 Å². The van der Waals surface area contributed by atoms with Gasteiger partial charge < -0.3 is 20.7 Å². The quantitative estimate of drug-likeness (QED) is 0.123. The highest BCUT2D eigenvalue weighted by Gasteiger charge is 2.44. The number of sulfonamides is 1. The van der Waals surface area contributed by atoms with Crippen molar-refractivity contribution in [3.63, 3.8) is 0 Å². The number of carbonyl (C=O) groups is 2. The molecule has 1 unspecified atom stereocenters. The number of nitrogens with zero attached hydrogens (tertiary/aromatic N) is 2. The van der Waals surface area contributed by atoms with Crippen LogP contribution in [0.25, 0.3) is 10.9 Å². The Bertz CT molecular complexity index is 1440. The fourth-order valence-electron chi connectivity index (χ4n) is 3.66. The molecule has 4 aromatic rings. The molecule has 12 nitrogen and oxygen atoms in total. The van der Waals surface area contributed by atoms with Crippen LogP contribution in [0.3, 0.4) is 0 Å². The van der Waals surface area contributed by atoms with Gasteiger partial charge in [-0.3, -0.25) is 9.89 Å². The monoisotopic (exact) mass is 511 g/mol. The Morgan fingerprint density at radius 1 is 1.08 bits per heavy atom. The van der Waals surface area contributed by atoms with Gasteiger partial charge in [0.15, 0.2) is 5.95 Å². The second kappa shape index (κ2) is 10.6. The van der Waals surface area contributed by atoms with E-state index in [1.54, 1.807) is 30.6 Å². The summed E-state index contributed by atoms with van der Waals surface area (Å²) in [5.41, 5.74) is -1.43. The van der Waals surface area contributed by atoms with Crippen LogP contribution in [-0.2, 0) is 14.8 Å². The Morgan fingerprint density at radius 2 is 1.89 bits per heavy atom. The van der Waals surface area contributed by atoms with Crippen LogP contribution in [0.15, 0.2) is 72.0 Å². The van der Waals surface area contributed by atoms with E-state index in [4.69, 9.17) is 0 Å². The van der Waals surface area contributed by atoms with Gasteiger partial charge in [0.1, 0.15) is 0 Å². The van der Waals surface area contributed by atoms with E-state index < -0.39 is 27.6 Å². The molecule has 0 saturated carbocycles. The first kappa shape index (κ1) is 24.9. The third-order valence-corrected chi connectivity index (χ3v) is 7.04. The Labute approximate surface area is 206 Å². The highest BCUT2D eigenvalue weighted by Crippen LogP contribution is 2.20. The minimum Gasteiger partial charge on any atom is -0.478 e. The molecule has 2 aromatic heterocycles. The van der Waals surface area contributed by atoms with Crippen molar-refractivity contribution in [2.75, 3.05) is 11.9 Å². The summed E-state index contributed by atoms with van der Waals surface area (Å²) in [6, 6.07) is 12.1. The van der Waals surface area contributed by atoms with Crippen molar-refractivity contribution in [2.24, 2.45) is 0 Å². The topological polar surface area (TPSA) is 182 Å². The zero-order valence-corrected chi connectivity index (χ0v) is 19.9. The molecule has 36 heavy (non-hydrogen) atoms. The van der Waals surface area contributed by atoms with Gasteiger partial charge >= 0.3 is 5.97 Å². The number of unbranched alkanes of at least 4 members (excludes halogenated alkanes) is 1. The lowest BCUT2D eigenvalue weighted by atomic mass is 10.0. The van der Waals surface area contributed by atoms with E-state index in [1.165, 1.54) is 36.5 Å². The zero-order chi connectivity index (χ0) is 25.6. The molecule has 2 aromatic carbocycles. The zero-order valence-electron chi connectivity index (χ0n) is 19.1. The Kier molecular flexibility index (Phi) is 7.31. The van der Waals surface area contributed by atoms with Crippen molar-refractivity contribution in [2.45, 2.75) is 29.8 Å². The largest absolute Gasteiger partial charge is 0.478 e. The van der Waals surface area contributed by atoms with E-state index in [2.05, 4.69) is 35.5 Å². The van der Waals surface area contributed by atoms with E-state index in [0.717, 1.165) is 0 Å². The number of amides is 1. The third-order valence-electron chi connectivity index (χ3n) is 5.53. The van der Waals surface area contributed by atoms with E-state index in [0.29, 0.717) is 29.8 Å². The number of aliphatic carboxylic acids is 1. The lowest BCUT2D eigenvalue weighted by Gasteiger charge is -2.31. The number of anilines is 1. The molecule has 0 aliphatic rings. The van der Waals surface area contributed by atoms with Crippen LogP contribution in [0.5, 0.6) is 0 Å². The summed E-state index contributed by atoms with van der Waals surface area (Å²) in [6.07, 6.45) is 5.34. The number of nitrogens with one attached hydrogen (secondary N) is 5. The number of aromatic amines is 2. The molecule has 188 valence electrons. The van der Waals surface area contributed by atoms with Crippen molar-refractivity contribution < 1.29 is 23.1 Å². The molecule has 4 rings (SSSR count). The van der Waals surface area contributed by atoms with E-state index in [1.807, 2.05) is 0 Å². The molecule has 1 amide bonds. The maximum atomic E-state index is 13.1. The van der Waals surface area contributed by atoms with Gasteiger partial charge in [-0.15, -0.1) is 0 Å². The number of rotatable bonds is 12. The summed E-state index contributed by atoms with van der Waals surface area (Å²) < 4.78 is 28.4. The fraction of sp³-hybridized carbons (Fsp3) is 0.217. The average molecular weight is 512 g/mol. The highest BCUT2D eigenvalue weighted by molar-refractivity contribution is 7.89. The molecule has 0 fully saturated rings. The lowest BCUT2D eigenvalue weighted by Crippen LogP contribution is -2.65.